The van der Waals surface area contributed by atoms with Crippen LogP contribution in [-0.2, 0) is 11.2 Å². The molecule has 1 rings (SSSR count). The third kappa shape index (κ3) is 5.55. The summed E-state index contributed by atoms with van der Waals surface area (Å²) < 4.78 is 0. The molecule has 1 aromatic carbocycles. The van der Waals surface area contributed by atoms with Crippen LogP contribution < -0.4 is 11.1 Å². The predicted molar refractivity (Wildman–Crippen MR) is 84.1 cm³/mol. The summed E-state index contributed by atoms with van der Waals surface area (Å²) in [5, 5.41) is 3.08. The zero-order valence-electron chi connectivity index (χ0n) is 12.9. The van der Waals surface area contributed by atoms with Crippen molar-refractivity contribution in [3.63, 3.8) is 0 Å². The maximum absolute atomic E-state index is 12.7. The highest BCUT2D eigenvalue weighted by Crippen LogP contribution is 2.13. The fraction of sp³-hybridized carbons (Fsp3) is 0.500. The first-order valence-corrected chi connectivity index (χ1v) is 7.40. The number of unbranched alkanes of at least 4 members (excludes halogenated alkanes) is 1. The molecule has 0 unspecified atom stereocenters. The Balaban J connectivity index is 2.93. The Kier molecular flexibility index (Phi) is 7.46. The third-order valence-corrected chi connectivity index (χ3v) is 3.31. The van der Waals surface area contributed by atoms with Crippen molar-refractivity contribution >= 4 is 11.8 Å². The number of primary amides is 1. The van der Waals surface area contributed by atoms with Crippen LogP contribution in [0.15, 0.2) is 24.3 Å². The molecule has 5 nitrogen and oxygen atoms in total. The number of hydrogen-bond donors (Lipinski definition) is 2. The Morgan fingerprint density at radius 1 is 1.29 bits per heavy atom. The van der Waals surface area contributed by atoms with Gasteiger partial charge in [-0.05, 0) is 38.1 Å². The van der Waals surface area contributed by atoms with Gasteiger partial charge in [0, 0.05) is 12.1 Å². The zero-order valence-corrected chi connectivity index (χ0v) is 12.9. The number of amides is 2. The summed E-state index contributed by atoms with van der Waals surface area (Å²) in [5.74, 6) is -0.596. The highest BCUT2D eigenvalue weighted by Gasteiger charge is 2.19. The Morgan fingerprint density at radius 2 is 2.00 bits per heavy atom. The lowest BCUT2D eigenvalue weighted by molar-refractivity contribution is -0.118. The highest BCUT2D eigenvalue weighted by atomic mass is 16.2. The normalized spacial score (nSPS) is 10.4. The van der Waals surface area contributed by atoms with Gasteiger partial charge in [0.05, 0.1) is 6.54 Å². The van der Waals surface area contributed by atoms with Gasteiger partial charge in [-0.1, -0.05) is 31.5 Å². The summed E-state index contributed by atoms with van der Waals surface area (Å²) in [6.07, 6.45) is 2.60. The maximum atomic E-state index is 12.7. The Labute approximate surface area is 126 Å². The number of nitrogens with zero attached hydrogens (tertiary/aromatic N) is 1. The molecule has 0 saturated carbocycles. The topological polar surface area (TPSA) is 75.4 Å². The van der Waals surface area contributed by atoms with Gasteiger partial charge in [-0.15, -0.1) is 0 Å². The van der Waals surface area contributed by atoms with Crippen molar-refractivity contribution < 1.29 is 9.59 Å². The van der Waals surface area contributed by atoms with E-state index in [1.54, 1.807) is 4.90 Å². The number of nitrogens with two attached hydrogens (primary N) is 1. The molecule has 3 N–H and O–H groups in total. The Hall–Kier alpha value is -1.88. The van der Waals surface area contributed by atoms with Crippen LogP contribution >= 0.6 is 0 Å². The van der Waals surface area contributed by atoms with Gasteiger partial charge < -0.3 is 16.0 Å². The van der Waals surface area contributed by atoms with E-state index in [9.17, 15) is 9.59 Å². The van der Waals surface area contributed by atoms with E-state index in [1.165, 1.54) is 0 Å². The molecule has 0 bridgehead atoms. The lowest BCUT2D eigenvalue weighted by atomic mass is 10.0. The van der Waals surface area contributed by atoms with E-state index < -0.39 is 5.91 Å². The monoisotopic (exact) mass is 291 g/mol. The van der Waals surface area contributed by atoms with E-state index in [4.69, 9.17) is 5.73 Å². The molecule has 0 heterocycles. The first-order chi connectivity index (χ1) is 10.1. The van der Waals surface area contributed by atoms with Crippen LogP contribution in [0.3, 0.4) is 0 Å². The average Bonchev–Trinajstić information content (AvgIpc) is 2.48. The van der Waals surface area contributed by atoms with Gasteiger partial charge in [0.25, 0.3) is 5.91 Å². The second kappa shape index (κ2) is 9.13. The van der Waals surface area contributed by atoms with E-state index in [-0.39, 0.29) is 12.5 Å². The molecule has 5 heteroatoms. The molecule has 0 atom stereocenters. The van der Waals surface area contributed by atoms with Gasteiger partial charge in [0.1, 0.15) is 0 Å². The van der Waals surface area contributed by atoms with Crippen LogP contribution in [0.2, 0.25) is 0 Å². The second-order valence-corrected chi connectivity index (χ2v) is 5.06. The maximum Gasteiger partial charge on any atom is 0.254 e. The SMILES string of the molecule is CCCCN(CC(N)=O)C(=O)c1ccccc1CCNC. The van der Waals surface area contributed by atoms with Crippen LogP contribution in [0.5, 0.6) is 0 Å². The molecular weight excluding hydrogens is 266 g/mol. The van der Waals surface area contributed by atoms with Crippen LogP contribution in [0.25, 0.3) is 0 Å². The summed E-state index contributed by atoms with van der Waals surface area (Å²) in [7, 11) is 1.88. The smallest absolute Gasteiger partial charge is 0.254 e. The van der Waals surface area contributed by atoms with Gasteiger partial charge >= 0.3 is 0 Å². The van der Waals surface area contributed by atoms with Gasteiger partial charge in [-0.3, -0.25) is 9.59 Å². The summed E-state index contributed by atoms with van der Waals surface area (Å²) in [6.45, 7) is 3.38. The molecular formula is C16H25N3O2. The van der Waals surface area contributed by atoms with Crippen molar-refractivity contribution in [1.82, 2.24) is 10.2 Å². The number of rotatable bonds is 9. The third-order valence-electron chi connectivity index (χ3n) is 3.31. The van der Waals surface area contributed by atoms with Crippen molar-refractivity contribution in [3.8, 4) is 0 Å². The number of benzene rings is 1. The van der Waals surface area contributed by atoms with E-state index in [2.05, 4.69) is 5.32 Å². The van der Waals surface area contributed by atoms with E-state index in [1.807, 2.05) is 38.2 Å². The average molecular weight is 291 g/mol. The van der Waals surface area contributed by atoms with Gasteiger partial charge in [-0.2, -0.15) is 0 Å². The van der Waals surface area contributed by atoms with Crippen molar-refractivity contribution in [2.45, 2.75) is 26.2 Å². The molecule has 2 amide bonds. The van der Waals surface area contributed by atoms with Crippen LogP contribution in [0.4, 0.5) is 0 Å². The fourth-order valence-electron chi connectivity index (χ4n) is 2.17. The fourth-order valence-corrected chi connectivity index (χ4v) is 2.17. The van der Waals surface area contributed by atoms with Crippen molar-refractivity contribution in [2.24, 2.45) is 5.73 Å². The highest BCUT2D eigenvalue weighted by molar-refractivity contribution is 5.97. The van der Waals surface area contributed by atoms with Crippen LogP contribution in [0, 0.1) is 0 Å². The minimum atomic E-state index is -0.479. The summed E-state index contributed by atoms with van der Waals surface area (Å²) in [6, 6.07) is 7.53. The molecule has 0 radical (unpaired) electrons. The van der Waals surface area contributed by atoms with Gasteiger partial charge in [0.2, 0.25) is 5.91 Å². The molecule has 0 aromatic heterocycles. The molecule has 0 spiro atoms. The molecule has 0 fully saturated rings. The van der Waals surface area contributed by atoms with Gasteiger partial charge in [0.15, 0.2) is 0 Å². The minimum absolute atomic E-state index is 0.0286. The lowest BCUT2D eigenvalue weighted by Gasteiger charge is -2.22. The number of likely N-dealkylation sites (N-methyl/N-ethyl adjacent to an activating group) is 1. The van der Waals surface area contributed by atoms with Crippen molar-refractivity contribution in [1.29, 1.82) is 0 Å². The van der Waals surface area contributed by atoms with Crippen LogP contribution in [-0.4, -0.2) is 43.4 Å². The summed E-state index contributed by atoms with van der Waals surface area (Å²) >= 11 is 0. The first kappa shape index (κ1) is 17.2. The van der Waals surface area contributed by atoms with E-state index in [0.717, 1.165) is 31.4 Å². The quantitative estimate of drug-likeness (QED) is 0.717. The largest absolute Gasteiger partial charge is 0.368 e. The van der Waals surface area contributed by atoms with Gasteiger partial charge in [-0.25, -0.2) is 0 Å². The zero-order chi connectivity index (χ0) is 15.7. The minimum Gasteiger partial charge on any atom is -0.368 e. The predicted octanol–water partition coefficient (Wildman–Crippen LogP) is 1.18. The van der Waals surface area contributed by atoms with Crippen LogP contribution in [0.1, 0.15) is 35.7 Å². The number of nitrogens with one attached hydrogen (secondary N) is 1. The molecule has 0 aliphatic rings. The number of carbonyl (C=O) groups excluding carboxylic acids is 2. The molecule has 1 aromatic rings. The molecule has 21 heavy (non-hydrogen) atoms. The lowest BCUT2D eigenvalue weighted by Crippen LogP contribution is -2.39. The molecule has 116 valence electrons. The first-order valence-electron chi connectivity index (χ1n) is 7.40. The molecule has 0 aliphatic heterocycles. The standard InChI is InChI=1S/C16H25N3O2/c1-3-4-11-19(12-15(17)20)16(21)14-8-6-5-7-13(14)9-10-18-2/h5-8,18H,3-4,9-12H2,1-2H3,(H2,17,20). The summed E-state index contributed by atoms with van der Waals surface area (Å²) in [4.78, 5) is 25.4. The molecule has 0 saturated heterocycles. The second-order valence-electron chi connectivity index (χ2n) is 5.06. The Morgan fingerprint density at radius 3 is 2.62 bits per heavy atom. The van der Waals surface area contributed by atoms with Crippen molar-refractivity contribution in [3.05, 3.63) is 35.4 Å². The number of hydrogen-bond acceptors (Lipinski definition) is 3. The van der Waals surface area contributed by atoms with E-state index in [0.29, 0.717) is 12.1 Å². The van der Waals surface area contributed by atoms with E-state index >= 15 is 0 Å². The summed E-state index contributed by atoms with van der Waals surface area (Å²) in [5.41, 5.74) is 6.90. The molecule has 0 aliphatic carbocycles. The Bertz CT molecular complexity index is 474. The number of carbonyl (C=O) groups is 2. The van der Waals surface area contributed by atoms with Crippen molar-refractivity contribution in [2.75, 3.05) is 26.7 Å².